The Hall–Kier alpha value is -2.66. The summed E-state index contributed by atoms with van der Waals surface area (Å²) in [6.07, 6.45) is 0. The second-order valence-electron chi connectivity index (χ2n) is 4.68. The van der Waals surface area contributed by atoms with E-state index >= 15 is 0 Å². The topological polar surface area (TPSA) is 70.2 Å². The largest absolute Gasteiger partial charge is 0.477 e. The first-order valence-electron chi connectivity index (χ1n) is 6.33. The third kappa shape index (κ3) is 2.25. The minimum atomic E-state index is -1.43. The SMILES string of the molecule is O=C(O)c1c(-c2ccccc2F)[nH]c2ccc(Cl)cc2c1=O. The Morgan fingerprint density at radius 2 is 1.91 bits per heavy atom. The summed E-state index contributed by atoms with van der Waals surface area (Å²) in [5.74, 6) is -2.05. The van der Waals surface area contributed by atoms with Gasteiger partial charge in [0, 0.05) is 21.5 Å². The maximum atomic E-state index is 14.0. The van der Waals surface area contributed by atoms with Gasteiger partial charge in [-0.3, -0.25) is 4.79 Å². The van der Waals surface area contributed by atoms with Crippen molar-refractivity contribution >= 4 is 28.5 Å². The van der Waals surface area contributed by atoms with Gasteiger partial charge in [-0.1, -0.05) is 23.7 Å². The summed E-state index contributed by atoms with van der Waals surface area (Å²) in [7, 11) is 0. The van der Waals surface area contributed by atoms with E-state index in [1.165, 1.54) is 24.3 Å². The molecule has 1 aromatic heterocycles. The van der Waals surface area contributed by atoms with E-state index in [-0.39, 0.29) is 16.6 Å². The summed E-state index contributed by atoms with van der Waals surface area (Å²) in [5.41, 5.74) is -0.876. The van der Waals surface area contributed by atoms with E-state index in [9.17, 15) is 19.1 Å². The lowest BCUT2D eigenvalue weighted by Gasteiger charge is -2.10. The quantitative estimate of drug-likeness (QED) is 0.757. The van der Waals surface area contributed by atoms with Gasteiger partial charge in [-0.25, -0.2) is 9.18 Å². The van der Waals surface area contributed by atoms with Crippen LogP contribution in [0.1, 0.15) is 10.4 Å². The Kier molecular flexibility index (Phi) is 3.42. The molecule has 0 aliphatic heterocycles. The predicted octanol–water partition coefficient (Wildman–Crippen LogP) is 3.69. The van der Waals surface area contributed by atoms with Gasteiger partial charge >= 0.3 is 5.97 Å². The van der Waals surface area contributed by atoms with Gasteiger partial charge in [0.1, 0.15) is 11.4 Å². The van der Waals surface area contributed by atoms with Crippen LogP contribution >= 0.6 is 11.6 Å². The first-order chi connectivity index (χ1) is 10.5. The Morgan fingerprint density at radius 1 is 1.18 bits per heavy atom. The third-order valence-electron chi connectivity index (χ3n) is 3.32. The van der Waals surface area contributed by atoms with Crippen LogP contribution in [0, 0.1) is 5.82 Å². The molecule has 0 radical (unpaired) electrons. The fraction of sp³-hybridized carbons (Fsp3) is 0. The molecular weight excluding hydrogens is 309 g/mol. The Labute approximate surface area is 128 Å². The van der Waals surface area contributed by atoms with E-state index in [2.05, 4.69) is 4.98 Å². The molecule has 0 fully saturated rings. The number of carbonyl (C=O) groups is 1. The van der Waals surface area contributed by atoms with Crippen molar-refractivity contribution < 1.29 is 14.3 Å². The number of carboxylic acids is 1. The number of carboxylic acid groups (broad SMARTS) is 1. The van der Waals surface area contributed by atoms with Crippen LogP contribution in [0.4, 0.5) is 4.39 Å². The van der Waals surface area contributed by atoms with E-state index in [4.69, 9.17) is 11.6 Å². The Balaban J connectivity index is 2.47. The maximum Gasteiger partial charge on any atom is 0.341 e. The first kappa shape index (κ1) is 14.3. The predicted molar refractivity (Wildman–Crippen MR) is 81.9 cm³/mol. The zero-order chi connectivity index (χ0) is 15.9. The van der Waals surface area contributed by atoms with Crippen molar-refractivity contribution in [1.29, 1.82) is 0 Å². The monoisotopic (exact) mass is 317 g/mol. The van der Waals surface area contributed by atoms with Gasteiger partial charge < -0.3 is 10.1 Å². The van der Waals surface area contributed by atoms with Crippen molar-refractivity contribution in [2.45, 2.75) is 0 Å². The molecule has 1 heterocycles. The Morgan fingerprint density at radius 3 is 2.59 bits per heavy atom. The van der Waals surface area contributed by atoms with E-state index in [0.29, 0.717) is 10.5 Å². The molecule has 4 nitrogen and oxygen atoms in total. The lowest BCUT2D eigenvalue weighted by molar-refractivity contribution is 0.0696. The van der Waals surface area contributed by atoms with Crippen molar-refractivity contribution in [1.82, 2.24) is 4.98 Å². The molecule has 0 atom stereocenters. The molecule has 0 spiro atoms. The molecule has 6 heteroatoms. The van der Waals surface area contributed by atoms with E-state index < -0.39 is 22.8 Å². The maximum absolute atomic E-state index is 14.0. The van der Waals surface area contributed by atoms with Crippen LogP contribution in [0.3, 0.4) is 0 Å². The molecule has 3 aromatic rings. The number of pyridine rings is 1. The van der Waals surface area contributed by atoms with Crippen LogP contribution in [0.5, 0.6) is 0 Å². The molecule has 2 N–H and O–H groups in total. The summed E-state index contributed by atoms with van der Waals surface area (Å²) in [6.45, 7) is 0. The minimum Gasteiger partial charge on any atom is -0.477 e. The van der Waals surface area contributed by atoms with Gasteiger partial charge in [0.15, 0.2) is 0 Å². The average Bonchev–Trinajstić information content (AvgIpc) is 2.48. The minimum absolute atomic E-state index is 0.0221. The van der Waals surface area contributed by atoms with Crippen LogP contribution in [-0.4, -0.2) is 16.1 Å². The molecule has 0 aliphatic rings. The number of halogens is 2. The zero-order valence-corrected chi connectivity index (χ0v) is 11.8. The molecule has 0 unspecified atom stereocenters. The summed E-state index contributed by atoms with van der Waals surface area (Å²) in [6, 6.07) is 10.2. The molecule has 0 bridgehead atoms. The lowest BCUT2D eigenvalue weighted by Crippen LogP contribution is -2.18. The van der Waals surface area contributed by atoms with Gasteiger partial charge in [-0.05, 0) is 30.3 Å². The normalized spacial score (nSPS) is 10.8. The zero-order valence-electron chi connectivity index (χ0n) is 11.1. The first-order valence-corrected chi connectivity index (χ1v) is 6.70. The smallest absolute Gasteiger partial charge is 0.341 e. The molecule has 2 aromatic carbocycles. The molecule has 3 rings (SSSR count). The number of fused-ring (bicyclic) bond motifs is 1. The van der Waals surface area contributed by atoms with E-state index in [0.717, 1.165) is 0 Å². The number of aromatic nitrogens is 1. The molecule has 110 valence electrons. The average molecular weight is 318 g/mol. The highest BCUT2D eigenvalue weighted by molar-refractivity contribution is 6.31. The van der Waals surface area contributed by atoms with Crippen molar-refractivity contribution in [3.8, 4) is 11.3 Å². The van der Waals surface area contributed by atoms with Crippen molar-refractivity contribution in [3.63, 3.8) is 0 Å². The van der Waals surface area contributed by atoms with Gasteiger partial charge in [0.25, 0.3) is 0 Å². The number of rotatable bonds is 2. The molecule has 0 saturated heterocycles. The van der Waals surface area contributed by atoms with Crippen molar-refractivity contribution in [2.24, 2.45) is 0 Å². The number of benzene rings is 2. The fourth-order valence-electron chi connectivity index (χ4n) is 2.33. The fourth-order valence-corrected chi connectivity index (χ4v) is 2.50. The number of aromatic carboxylic acids is 1. The molecular formula is C16H9ClFNO3. The van der Waals surface area contributed by atoms with Crippen LogP contribution in [0.2, 0.25) is 5.02 Å². The molecule has 0 aliphatic carbocycles. The highest BCUT2D eigenvalue weighted by Crippen LogP contribution is 2.26. The van der Waals surface area contributed by atoms with Crippen LogP contribution in [-0.2, 0) is 0 Å². The van der Waals surface area contributed by atoms with Crippen molar-refractivity contribution in [2.75, 3.05) is 0 Å². The van der Waals surface area contributed by atoms with Gasteiger partial charge in [-0.15, -0.1) is 0 Å². The number of hydrogen-bond donors (Lipinski definition) is 2. The van der Waals surface area contributed by atoms with E-state index in [1.807, 2.05) is 0 Å². The molecule has 0 saturated carbocycles. The van der Waals surface area contributed by atoms with E-state index in [1.54, 1.807) is 18.2 Å². The molecule has 0 amide bonds. The highest BCUT2D eigenvalue weighted by Gasteiger charge is 2.21. The number of hydrogen-bond acceptors (Lipinski definition) is 2. The summed E-state index contributed by atoms with van der Waals surface area (Å²) >= 11 is 5.84. The molecule has 22 heavy (non-hydrogen) atoms. The second-order valence-corrected chi connectivity index (χ2v) is 5.12. The third-order valence-corrected chi connectivity index (χ3v) is 3.56. The lowest BCUT2D eigenvalue weighted by atomic mass is 10.0. The van der Waals surface area contributed by atoms with Crippen LogP contribution in [0.15, 0.2) is 47.3 Å². The number of nitrogens with one attached hydrogen (secondary N) is 1. The van der Waals surface area contributed by atoms with Gasteiger partial charge in [0.05, 0.1) is 5.69 Å². The number of aromatic amines is 1. The van der Waals surface area contributed by atoms with Crippen LogP contribution in [0.25, 0.3) is 22.2 Å². The van der Waals surface area contributed by atoms with Gasteiger partial charge in [0.2, 0.25) is 5.43 Å². The Bertz CT molecular complexity index is 965. The summed E-state index contributed by atoms with van der Waals surface area (Å²) < 4.78 is 14.0. The highest BCUT2D eigenvalue weighted by atomic mass is 35.5. The second kappa shape index (κ2) is 5.27. The summed E-state index contributed by atoms with van der Waals surface area (Å²) in [4.78, 5) is 26.7. The van der Waals surface area contributed by atoms with Crippen LogP contribution < -0.4 is 5.43 Å². The summed E-state index contributed by atoms with van der Waals surface area (Å²) in [5, 5.41) is 9.81. The van der Waals surface area contributed by atoms with Gasteiger partial charge in [-0.2, -0.15) is 0 Å². The standard InChI is InChI=1S/C16H9ClFNO3/c17-8-5-6-12-10(7-8)15(20)13(16(21)22)14(19-12)9-3-1-2-4-11(9)18/h1-7H,(H,19,20)(H,21,22). The van der Waals surface area contributed by atoms with Crippen molar-refractivity contribution in [3.05, 3.63) is 69.1 Å². The number of H-pyrrole nitrogens is 1.